The van der Waals surface area contributed by atoms with Gasteiger partial charge in [-0.3, -0.25) is 4.79 Å². The summed E-state index contributed by atoms with van der Waals surface area (Å²) < 4.78 is 46.1. The van der Waals surface area contributed by atoms with Crippen LogP contribution < -0.4 is 0 Å². The van der Waals surface area contributed by atoms with E-state index in [4.69, 9.17) is 8.22 Å². The van der Waals surface area contributed by atoms with E-state index < -0.39 is 17.9 Å². The van der Waals surface area contributed by atoms with Gasteiger partial charge in [-0.25, -0.2) is 0 Å². The van der Waals surface area contributed by atoms with Crippen molar-refractivity contribution in [2.24, 2.45) is 0 Å². The molecule has 1 aromatic heterocycles. The standard InChI is InChI=1S/C11H7Br2NO/c12-8-4-7(5-9(13)6-8)11(15)10-2-1-3-14-10/h1-6,14H/i1D,2D,3D,4D,5D,6D. The number of rotatable bonds is 2. The average Bonchev–Trinajstić information content (AvgIpc) is 2.70. The van der Waals surface area contributed by atoms with E-state index in [-0.39, 0.29) is 44.5 Å². The predicted molar refractivity (Wildman–Crippen MR) is 66.1 cm³/mol. The third-order valence-corrected chi connectivity index (χ3v) is 2.37. The number of ketones is 1. The van der Waals surface area contributed by atoms with E-state index in [1.54, 1.807) is 0 Å². The minimum atomic E-state index is -0.830. The van der Waals surface area contributed by atoms with Crippen LogP contribution in [0.1, 0.15) is 24.3 Å². The van der Waals surface area contributed by atoms with Crippen molar-refractivity contribution in [1.82, 2.24) is 4.98 Å². The number of aromatic nitrogens is 1. The van der Waals surface area contributed by atoms with Gasteiger partial charge < -0.3 is 4.98 Å². The molecule has 0 saturated heterocycles. The van der Waals surface area contributed by atoms with Gasteiger partial charge >= 0.3 is 0 Å². The van der Waals surface area contributed by atoms with Crippen molar-refractivity contribution < 1.29 is 13.0 Å². The fraction of sp³-hybridized carbons (Fsp3) is 0. The molecule has 0 spiro atoms. The van der Waals surface area contributed by atoms with Crippen LogP contribution in [0.5, 0.6) is 0 Å². The fourth-order valence-electron chi connectivity index (χ4n) is 0.980. The van der Waals surface area contributed by atoms with Crippen LogP contribution in [0.3, 0.4) is 0 Å². The Kier molecular flexibility index (Phi) is 1.57. The van der Waals surface area contributed by atoms with Gasteiger partial charge in [0, 0.05) is 20.7 Å². The molecule has 2 nitrogen and oxygen atoms in total. The molecule has 0 bridgehead atoms. The molecule has 1 N–H and O–H groups in total. The number of nitrogens with one attached hydrogen (secondary N) is 1. The number of benzene rings is 1. The second-order valence-electron chi connectivity index (χ2n) is 2.58. The van der Waals surface area contributed by atoms with Gasteiger partial charge in [0.2, 0.25) is 5.78 Å². The lowest BCUT2D eigenvalue weighted by atomic mass is 10.1. The number of hydrogen-bond acceptors (Lipinski definition) is 1. The molecule has 0 fully saturated rings. The molecule has 0 radical (unpaired) electrons. The van der Waals surface area contributed by atoms with Crippen LogP contribution >= 0.6 is 31.9 Å². The Morgan fingerprint density at radius 1 is 1.27 bits per heavy atom. The van der Waals surface area contributed by atoms with Crippen molar-refractivity contribution in [3.63, 3.8) is 0 Å². The molecule has 0 aliphatic heterocycles. The lowest BCUT2D eigenvalue weighted by Crippen LogP contribution is -2.01. The molecular weight excluding hydrogens is 322 g/mol. The summed E-state index contributed by atoms with van der Waals surface area (Å²) in [7, 11) is 0. The molecule has 1 heterocycles. The Bertz CT molecular complexity index is 744. The van der Waals surface area contributed by atoms with Crippen LogP contribution in [-0.4, -0.2) is 10.8 Å². The Balaban J connectivity index is 2.73. The quantitative estimate of drug-likeness (QED) is 0.833. The van der Waals surface area contributed by atoms with Crippen LogP contribution in [0, 0.1) is 0 Å². The topological polar surface area (TPSA) is 32.9 Å². The largest absolute Gasteiger partial charge is 0.359 e. The Labute approximate surface area is 112 Å². The van der Waals surface area contributed by atoms with Gasteiger partial charge in [0.1, 0.15) is 0 Å². The zero-order valence-corrected chi connectivity index (χ0v) is 10.3. The fourth-order valence-corrected chi connectivity index (χ4v) is 2.04. The molecule has 2 rings (SSSR count). The molecule has 0 saturated carbocycles. The zero-order valence-electron chi connectivity index (χ0n) is 13.2. The summed E-state index contributed by atoms with van der Waals surface area (Å²) in [4.78, 5) is 14.7. The number of H-pyrrole nitrogens is 1. The van der Waals surface area contributed by atoms with Crippen molar-refractivity contribution in [2.75, 3.05) is 0 Å². The molecular formula is C11H7Br2NO. The van der Waals surface area contributed by atoms with Gasteiger partial charge in [0.25, 0.3) is 0 Å². The number of carbonyl (C=O) groups is 1. The van der Waals surface area contributed by atoms with Crippen LogP contribution in [0.2, 0.25) is 0 Å². The summed E-state index contributed by atoms with van der Waals surface area (Å²) in [6.45, 7) is 0. The highest BCUT2D eigenvalue weighted by Crippen LogP contribution is 2.21. The van der Waals surface area contributed by atoms with Gasteiger partial charge in [-0.2, -0.15) is 0 Å². The van der Waals surface area contributed by atoms with Crippen molar-refractivity contribution in [1.29, 1.82) is 0 Å². The molecule has 0 amide bonds. The van der Waals surface area contributed by atoms with Gasteiger partial charge in [0.15, 0.2) is 0 Å². The first-order valence-corrected chi connectivity index (χ1v) is 5.42. The Hall–Kier alpha value is -0.870. The van der Waals surface area contributed by atoms with Crippen LogP contribution in [0.4, 0.5) is 0 Å². The molecule has 0 aliphatic carbocycles. The highest BCUT2D eigenvalue weighted by atomic mass is 79.9. The van der Waals surface area contributed by atoms with E-state index >= 15 is 0 Å². The first kappa shape index (κ1) is 5.46. The average molecular weight is 335 g/mol. The van der Waals surface area contributed by atoms with Gasteiger partial charge in [0.05, 0.1) is 13.9 Å². The molecule has 76 valence electrons. The number of halogens is 2. The Morgan fingerprint density at radius 3 is 2.47 bits per heavy atom. The van der Waals surface area contributed by atoms with Crippen molar-refractivity contribution in [2.45, 2.75) is 0 Å². The third-order valence-electron chi connectivity index (χ3n) is 1.58. The normalized spacial score (nSPS) is 15.9. The maximum atomic E-state index is 12.4. The summed E-state index contributed by atoms with van der Waals surface area (Å²) in [5.74, 6) is -0.830. The van der Waals surface area contributed by atoms with E-state index in [0.717, 1.165) is 0 Å². The molecule has 0 atom stereocenters. The monoisotopic (exact) mass is 333 g/mol. The van der Waals surface area contributed by atoms with E-state index in [1.165, 1.54) is 0 Å². The maximum Gasteiger partial charge on any atom is 0.209 e. The third kappa shape index (κ3) is 2.38. The highest BCUT2D eigenvalue weighted by Gasteiger charge is 2.10. The minimum Gasteiger partial charge on any atom is -0.359 e. The van der Waals surface area contributed by atoms with Crippen molar-refractivity contribution in [3.8, 4) is 0 Å². The Morgan fingerprint density at radius 2 is 1.93 bits per heavy atom. The summed E-state index contributed by atoms with van der Waals surface area (Å²) in [5, 5.41) is 0. The molecule has 2 aromatic rings. The van der Waals surface area contributed by atoms with Crippen LogP contribution in [0.25, 0.3) is 0 Å². The maximum absolute atomic E-state index is 12.4. The zero-order chi connectivity index (χ0) is 16.1. The second kappa shape index (κ2) is 4.33. The summed E-state index contributed by atoms with van der Waals surface area (Å²) >= 11 is 6.04. The molecule has 0 aliphatic rings. The molecule has 1 aromatic carbocycles. The van der Waals surface area contributed by atoms with Gasteiger partial charge in [-0.05, 0) is 30.2 Å². The molecule has 4 heteroatoms. The lowest BCUT2D eigenvalue weighted by Gasteiger charge is -2.00. The van der Waals surface area contributed by atoms with E-state index in [0.29, 0.717) is 0 Å². The van der Waals surface area contributed by atoms with Crippen LogP contribution in [0.15, 0.2) is 45.3 Å². The van der Waals surface area contributed by atoms with Crippen molar-refractivity contribution >= 4 is 37.6 Å². The minimum absolute atomic E-state index is 0.0454. The number of aromatic amines is 1. The molecule has 15 heavy (non-hydrogen) atoms. The lowest BCUT2D eigenvalue weighted by molar-refractivity contribution is 0.103. The highest BCUT2D eigenvalue weighted by molar-refractivity contribution is 9.11. The second-order valence-corrected chi connectivity index (χ2v) is 4.17. The summed E-state index contributed by atoms with van der Waals surface area (Å²) in [6.07, 6.45) is -0.378. The summed E-state index contributed by atoms with van der Waals surface area (Å²) in [5.41, 5.74) is -0.622. The van der Waals surface area contributed by atoms with E-state index in [9.17, 15) is 4.79 Å². The number of carbonyl (C=O) groups excluding carboxylic acids is 1. The van der Waals surface area contributed by atoms with Crippen LogP contribution in [-0.2, 0) is 0 Å². The van der Waals surface area contributed by atoms with E-state index in [1.807, 2.05) is 0 Å². The summed E-state index contributed by atoms with van der Waals surface area (Å²) in [6, 6.07) is -1.69. The first-order valence-electron chi connectivity index (χ1n) is 6.83. The van der Waals surface area contributed by atoms with Crippen molar-refractivity contribution in [3.05, 3.63) is 56.6 Å². The SMILES string of the molecule is [2H]c1[nH]c(C(=O)c2c([2H])c(Br)c([2H])c(Br)c2[2H])c([2H])c1[2H]. The van der Waals surface area contributed by atoms with Gasteiger partial charge in [-0.15, -0.1) is 0 Å². The molecule has 0 unspecified atom stereocenters. The van der Waals surface area contributed by atoms with Gasteiger partial charge in [-0.1, -0.05) is 31.9 Å². The smallest absolute Gasteiger partial charge is 0.209 e. The first-order chi connectivity index (χ1) is 9.68. The number of hydrogen-bond donors (Lipinski definition) is 1. The predicted octanol–water partition coefficient (Wildman–Crippen LogP) is 3.77. The van der Waals surface area contributed by atoms with E-state index in [2.05, 4.69) is 36.8 Å².